The minimum absolute atomic E-state index is 0.157. The zero-order chi connectivity index (χ0) is 9.07. The highest BCUT2D eigenvalue weighted by molar-refractivity contribution is 7.86. The zero-order valence-electron chi connectivity index (χ0n) is 6.14. The monoisotopic (exact) mass is 184 g/mol. The molecule has 0 aliphatic carbocycles. The maximum atomic E-state index is 10.2. The van der Waals surface area contributed by atoms with E-state index in [0.29, 0.717) is 0 Å². The van der Waals surface area contributed by atoms with Gasteiger partial charge in [-0.25, -0.2) is 0 Å². The topological polar surface area (TPSA) is 94.8 Å². The van der Waals surface area contributed by atoms with Crippen LogP contribution in [0.1, 0.15) is 13.3 Å². The van der Waals surface area contributed by atoms with Crippen molar-refractivity contribution in [2.45, 2.75) is 18.8 Å². The van der Waals surface area contributed by atoms with Gasteiger partial charge in [-0.15, -0.1) is 0 Å². The Kier molecular flexibility index (Phi) is 3.95. The normalized spacial score (nSPS) is 17.8. The van der Waals surface area contributed by atoms with Gasteiger partial charge in [0, 0.05) is 6.61 Å². The minimum atomic E-state index is -4.36. The highest BCUT2D eigenvalue weighted by atomic mass is 32.2. The number of rotatable bonds is 4. The number of hydrogen-bond donors (Lipinski definition) is 3. The molecule has 0 saturated heterocycles. The Hall–Kier alpha value is -0.170. The SMILES string of the molecule is CC(CO)CC(O)S(=O)(=O)O. The van der Waals surface area contributed by atoms with Crippen LogP contribution < -0.4 is 0 Å². The van der Waals surface area contributed by atoms with Crippen molar-refractivity contribution in [1.29, 1.82) is 0 Å². The molecular weight excluding hydrogens is 172 g/mol. The second-order valence-corrected chi connectivity index (χ2v) is 4.07. The third-order valence-electron chi connectivity index (χ3n) is 1.26. The summed E-state index contributed by atoms with van der Waals surface area (Å²) in [7, 11) is -4.36. The fraction of sp³-hybridized carbons (Fsp3) is 1.00. The van der Waals surface area contributed by atoms with Crippen molar-refractivity contribution in [2.75, 3.05) is 6.61 Å². The number of hydrogen-bond acceptors (Lipinski definition) is 4. The lowest BCUT2D eigenvalue weighted by molar-refractivity contribution is 0.164. The molecule has 0 aromatic rings. The second-order valence-electron chi connectivity index (χ2n) is 2.49. The average Bonchev–Trinajstić information content (AvgIpc) is 1.85. The zero-order valence-corrected chi connectivity index (χ0v) is 6.95. The molecule has 0 aliphatic rings. The number of aliphatic hydroxyl groups is 2. The van der Waals surface area contributed by atoms with E-state index in [9.17, 15) is 8.42 Å². The average molecular weight is 184 g/mol. The van der Waals surface area contributed by atoms with Crippen LogP contribution in [-0.2, 0) is 10.1 Å². The van der Waals surface area contributed by atoms with Gasteiger partial charge in [-0.3, -0.25) is 4.55 Å². The van der Waals surface area contributed by atoms with Crippen LogP contribution in [0.2, 0.25) is 0 Å². The van der Waals surface area contributed by atoms with Crippen LogP contribution in [0.5, 0.6) is 0 Å². The summed E-state index contributed by atoms with van der Waals surface area (Å²) in [6, 6.07) is 0. The molecular formula is C5H12O5S. The molecule has 0 rings (SSSR count). The standard InChI is InChI=1S/C5H12O5S/c1-4(3-6)2-5(7)11(8,9)10/h4-7H,2-3H2,1H3,(H,8,9,10). The van der Waals surface area contributed by atoms with Gasteiger partial charge in [0.05, 0.1) is 0 Å². The van der Waals surface area contributed by atoms with E-state index in [1.54, 1.807) is 6.92 Å². The molecule has 6 heteroatoms. The lowest BCUT2D eigenvalue weighted by atomic mass is 10.1. The van der Waals surface area contributed by atoms with Crippen molar-refractivity contribution >= 4 is 10.1 Å². The Morgan fingerprint density at radius 1 is 1.45 bits per heavy atom. The molecule has 0 amide bonds. The van der Waals surface area contributed by atoms with Crippen LogP contribution in [-0.4, -0.2) is 35.2 Å². The summed E-state index contributed by atoms with van der Waals surface area (Å²) in [4.78, 5) is 0. The summed E-state index contributed by atoms with van der Waals surface area (Å²) in [5.74, 6) is -0.341. The molecule has 68 valence electrons. The molecule has 0 aromatic carbocycles. The van der Waals surface area contributed by atoms with Crippen molar-refractivity contribution in [3.8, 4) is 0 Å². The third-order valence-corrected chi connectivity index (χ3v) is 2.14. The van der Waals surface area contributed by atoms with Crippen molar-refractivity contribution in [3.05, 3.63) is 0 Å². The summed E-state index contributed by atoms with van der Waals surface area (Å²) >= 11 is 0. The van der Waals surface area contributed by atoms with Crippen LogP contribution in [0.4, 0.5) is 0 Å². The molecule has 0 aliphatic heterocycles. The minimum Gasteiger partial charge on any atom is -0.396 e. The van der Waals surface area contributed by atoms with E-state index in [2.05, 4.69) is 0 Å². The van der Waals surface area contributed by atoms with Gasteiger partial charge in [-0.2, -0.15) is 8.42 Å². The van der Waals surface area contributed by atoms with Crippen LogP contribution in [0.15, 0.2) is 0 Å². The Balaban J connectivity index is 3.98. The third kappa shape index (κ3) is 4.31. The summed E-state index contributed by atoms with van der Waals surface area (Å²) in [6.45, 7) is 1.35. The lowest BCUT2D eigenvalue weighted by Crippen LogP contribution is -2.23. The van der Waals surface area contributed by atoms with Gasteiger partial charge < -0.3 is 10.2 Å². The molecule has 0 aromatic heterocycles. The van der Waals surface area contributed by atoms with E-state index < -0.39 is 15.6 Å². The molecule has 3 N–H and O–H groups in total. The smallest absolute Gasteiger partial charge is 0.292 e. The lowest BCUT2D eigenvalue weighted by Gasteiger charge is -2.10. The Labute approximate surface area is 65.4 Å². The van der Waals surface area contributed by atoms with Crippen LogP contribution in [0.3, 0.4) is 0 Å². The Bertz CT molecular complexity index is 197. The molecule has 11 heavy (non-hydrogen) atoms. The van der Waals surface area contributed by atoms with E-state index in [1.807, 2.05) is 0 Å². The van der Waals surface area contributed by atoms with Crippen molar-refractivity contribution < 1.29 is 23.2 Å². The van der Waals surface area contributed by atoms with E-state index >= 15 is 0 Å². The van der Waals surface area contributed by atoms with Crippen molar-refractivity contribution in [2.24, 2.45) is 5.92 Å². The van der Waals surface area contributed by atoms with Crippen molar-refractivity contribution in [1.82, 2.24) is 0 Å². The Morgan fingerprint density at radius 3 is 2.18 bits per heavy atom. The van der Waals surface area contributed by atoms with E-state index in [0.717, 1.165) is 0 Å². The van der Waals surface area contributed by atoms with Gasteiger partial charge in [-0.1, -0.05) is 6.92 Å². The predicted molar refractivity (Wildman–Crippen MR) is 38.4 cm³/mol. The highest BCUT2D eigenvalue weighted by Crippen LogP contribution is 2.08. The second kappa shape index (κ2) is 4.01. The fourth-order valence-electron chi connectivity index (χ4n) is 0.540. The summed E-state index contributed by atoms with van der Waals surface area (Å²) in [6.07, 6.45) is -0.157. The first-order valence-corrected chi connectivity index (χ1v) is 4.63. The first-order chi connectivity index (χ1) is 4.88. The molecule has 0 heterocycles. The largest absolute Gasteiger partial charge is 0.396 e. The van der Waals surface area contributed by atoms with Gasteiger partial charge in [-0.05, 0) is 12.3 Å². The molecule has 2 unspecified atom stereocenters. The molecule has 0 bridgehead atoms. The molecule has 0 fully saturated rings. The quantitative estimate of drug-likeness (QED) is 0.498. The highest BCUT2D eigenvalue weighted by Gasteiger charge is 2.21. The fourth-order valence-corrected chi connectivity index (χ4v) is 1.11. The van der Waals surface area contributed by atoms with Crippen LogP contribution in [0.25, 0.3) is 0 Å². The molecule has 0 spiro atoms. The summed E-state index contributed by atoms with van der Waals surface area (Å²) < 4.78 is 28.7. The molecule has 0 saturated carbocycles. The van der Waals surface area contributed by atoms with Gasteiger partial charge in [0.2, 0.25) is 0 Å². The maximum absolute atomic E-state index is 10.2. The Morgan fingerprint density at radius 2 is 1.91 bits per heavy atom. The van der Waals surface area contributed by atoms with Crippen LogP contribution in [0, 0.1) is 5.92 Å². The van der Waals surface area contributed by atoms with E-state index in [4.69, 9.17) is 14.8 Å². The van der Waals surface area contributed by atoms with E-state index in [-0.39, 0.29) is 18.9 Å². The van der Waals surface area contributed by atoms with Crippen LogP contribution >= 0.6 is 0 Å². The van der Waals surface area contributed by atoms with Gasteiger partial charge >= 0.3 is 0 Å². The summed E-state index contributed by atoms with van der Waals surface area (Å²) in [5.41, 5.74) is -1.79. The van der Waals surface area contributed by atoms with Gasteiger partial charge in [0.25, 0.3) is 10.1 Å². The summed E-state index contributed by atoms with van der Waals surface area (Å²) in [5, 5.41) is 17.2. The maximum Gasteiger partial charge on any atom is 0.292 e. The number of aliphatic hydroxyl groups excluding tert-OH is 2. The van der Waals surface area contributed by atoms with Crippen molar-refractivity contribution in [3.63, 3.8) is 0 Å². The molecule has 2 atom stereocenters. The first-order valence-electron chi connectivity index (χ1n) is 3.13. The molecule has 0 radical (unpaired) electrons. The van der Waals surface area contributed by atoms with Gasteiger partial charge in [0.15, 0.2) is 5.44 Å². The van der Waals surface area contributed by atoms with Gasteiger partial charge in [0.1, 0.15) is 0 Å². The predicted octanol–water partition coefficient (Wildman–Crippen LogP) is -0.789. The first kappa shape index (κ1) is 10.8. The molecule has 5 nitrogen and oxygen atoms in total. The van der Waals surface area contributed by atoms with E-state index in [1.165, 1.54) is 0 Å².